The molecule has 4 rings (SSSR count). The van der Waals surface area contributed by atoms with Gasteiger partial charge < -0.3 is 20.0 Å². The summed E-state index contributed by atoms with van der Waals surface area (Å²) in [5.74, 6) is -3.12. The summed E-state index contributed by atoms with van der Waals surface area (Å²) < 4.78 is -0.811. The number of carboxylic acids is 1. The Kier molecular flexibility index (Phi) is 5.88. The highest BCUT2D eigenvalue weighted by molar-refractivity contribution is 8.02. The van der Waals surface area contributed by atoms with Gasteiger partial charge in [0.05, 0.1) is 23.2 Å². The Morgan fingerprint density at radius 2 is 2.09 bits per heavy atom. The van der Waals surface area contributed by atoms with Gasteiger partial charge in [-0.15, -0.1) is 18.3 Å². The number of carboxylic acid groups (broad SMARTS) is 1. The second-order valence-corrected chi connectivity index (χ2v) is 10.7. The van der Waals surface area contributed by atoms with Crippen molar-refractivity contribution in [3.05, 3.63) is 42.0 Å². The van der Waals surface area contributed by atoms with Crippen LogP contribution in [-0.4, -0.2) is 68.6 Å². The largest absolute Gasteiger partial charge is 0.481 e. The predicted octanol–water partition coefficient (Wildman–Crippen LogP) is 2.24. The highest BCUT2D eigenvalue weighted by Gasteiger charge is 2.76. The van der Waals surface area contributed by atoms with E-state index in [1.165, 1.54) is 16.7 Å². The van der Waals surface area contributed by atoms with Crippen molar-refractivity contribution in [2.45, 2.75) is 43.2 Å². The van der Waals surface area contributed by atoms with Gasteiger partial charge in [0.1, 0.15) is 6.04 Å². The third-order valence-electron chi connectivity index (χ3n) is 7.34. The van der Waals surface area contributed by atoms with Crippen molar-refractivity contribution in [3.63, 3.8) is 0 Å². The van der Waals surface area contributed by atoms with Crippen LogP contribution in [0.5, 0.6) is 0 Å². The Balaban J connectivity index is 1.84. The number of aliphatic hydroxyl groups is 1. The van der Waals surface area contributed by atoms with Gasteiger partial charge in [0.25, 0.3) is 5.91 Å². The molecule has 6 atom stereocenters. The quantitative estimate of drug-likeness (QED) is 0.608. The van der Waals surface area contributed by atoms with E-state index >= 15 is 0 Å². The third-order valence-corrected chi connectivity index (χ3v) is 9.41. The van der Waals surface area contributed by atoms with Gasteiger partial charge >= 0.3 is 5.97 Å². The average molecular weight is 459 g/mol. The topological polar surface area (TPSA) is 98.2 Å². The van der Waals surface area contributed by atoms with Crippen LogP contribution in [-0.2, 0) is 14.4 Å². The molecule has 32 heavy (non-hydrogen) atoms. The van der Waals surface area contributed by atoms with E-state index in [-0.39, 0.29) is 42.7 Å². The smallest absolute Gasteiger partial charge is 0.308 e. The Morgan fingerprint density at radius 1 is 1.38 bits per heavy atom. The van der Waals surface area contributed by atoms with E-state index < -0.39 is 28.6 Å². The first-order valence-corrected chi connectivity index (χ1v) is 11.9. The van der Waals surface area contributed by atoms with Gasteiger partial charge in [-0.1, -0.05) is 25.1 Å². The monoisotopic (exact) mass is 458 g/mol. The van der Waals surface area contributed by atoms with E-state index in [0.717, 1.165) is 16.8 Å². The predicted molar refractivity (Wildman–Crippen MR) is 124 cm³/mol. The second-order valence-electron chi connectivity index (χ2n) is 9.17. The molecule has 3 aliphatic heterocycles. The molecule has 0 aromatic heterocycles. The molecular formula is C24H30N2O5S. The molecule has 2 bridgehead atoms. The number of fused-ring (bicyclic) bond motifs is 1. The number of carbonyl (C=O) groups excluding carboxylic acids is 2. The van der Waals surface area contributed by atoms with Crippen LogP contribution < -0.4 is 4.90 Å². The highest BCUT2D eigenvalue weighted by Crippen LogP contribution is 2.68. The van der Waals surface area contributed by atoms with Crippen LogP contribution in [0.15, 0.2) is 30.9 Å². The van der Waals surface area contributed by atoms with Gasteiger partial charge in [0.2, 0.25) is 5.91 Å². The average Bonchev–Trinajstić information content (AvgIpc) is 3.32. The summed E-state index contributed by atoms with van der Waals surface area (Å²) in [6.45, 7) is 9.72. The molecule has 1 spiro atoms. The first kappa shape index (κ1) is 22.9. The number of amides is 2. The number of hydrogen-bond donors (Lipinski definition) is 2. The lowest BCUT2D eigenvalue weighted by Gasteiger charge is -2.40. The number of aliphatic hydroxyl groups excluding tert-OH is 1. The lowest BCUT2D eigenvalue weighted by molar-refractivity contribution is -0.149. The van der Waals surface area contributed by atoms with E-state index in [1.807, 2.05) is 39.0 Å². The molecule has 172 valence electrons. The highest BCUT2D eigenvalue weighted by atomic mass is 32.2. The molecule has 3 saturated heterocycles. The van der Waals surface area contributed by atoms with Gasteiger partial charge in [-0.2, -0.15) is 0 Å². The van der Waals surface area contributed by atoms with Crippen LogP contribution in [0.2, 0.25) is 0 Å². The molecule has 3 aliphatic rings. The number of nitrogens with zero attached hydrogens (tertiary/aromatic N) is 2. The number of thioether (sulfide) groups is 1. The SMILES string of the molecule is C=CCN(C(=O)C1N(CCO)C(=O)[C@@H]2[C@@H](C(=O)O)[C@H]3CC(C)C12S3)c1cc(C)ccc1C. The summed E-state index contributed by atoms with van der Waals surface area (Å²) in [5.41, 5.74) is 2.69. The summed E-state index contributed by atoms with van der Waals surface area (Å²) in [7, 11) is 0. The Morgan fingerprint density at radius 3 is 2.72 bits per heavy atom. The molecule has 0 saturated carbocycles. The zero-order valence-corrected chi connectivity index (χ0v) is 19.5. The fourth-order valence-electron chi connectivity index (χ4n) is 6.02. The normalized spacial score (nSPS) is 32.8. The van der Waals surface area contributed by atoms with Gasteiger partial charge in [0, 0.05) is 24.0 Å². The summed E-state index contributed by atoms with van der Waals surface area (Å²) in [6.07, 6.45) is 2.32. The number of aryl methyl sites for hydroxylation is 2. The van der Waals surface area contributed by atoms with Crippen LogP contribution >= 0.6 is 11.8 Å². The fourth-order valence-corrected chi connectivity index (χ4v) is 8.43. The molecule has 0 radical (unpaired) electrons. The fraction of sp³-hybridized carbons (Fsp3) is 0.542. The second kappa shape index (κ2) is 8.23. The minimum Gasteiger partial charge on any atom is -0.481 e. The van der Waals surface area contributed by atoms with Gasteiger partial charge in [-0.25, -0.2) is 0 Å². The van der Waals surface area contributed by atoms with E-state index in [4.69, 9.17) is 0 Å². The molecule has 0 aliphatic carbocycles. The minimum atomic E-state index is -0.982. The van der Waals surface area contributed by atoms with Crippen molar-refractivity contribution in [3.8, 4) is 0 Å². The zero-order chi connectivity index (χ0) is 23.4. The molecule has 7 nitrogen and oxygen atoms in total. The first-order valence-electron chi connectivity index (χ1n) is 11.0. The minimum absolute atomic E-state index is 0.00359. The Labute approximate surface area is 192 Å². The van der Waals surface area contributed by atoms with Crippen molar-refractivity contribution < 1.29 is 24.6 Å². The number of rotatable bonds is 7. The van der Waals surface area contributed by atoms with Crippen molar-refractivity contribution >= 4 is 35.2 Å². The van der Waals surface area contributed by atoms with Gasteiger partial charge in [-0.05, 0) is 43.4 Å². The number of likely N-dealkylation sites (tertiary alicyclic amines) is 1. The maximum absolute atomic E-state index is 14.2. The molecular weight excluding hydrogens is 428 g/mol. The third kappa shape index (κ3) is 3.10. The van der Waals surface area contributed by atoms with Crippen LogP contribution in [0.4, 0.5) is 5.69 Å². The number of benzene rings is 1. The van der Waals surface area contributed by atoms with Crippen molar-refractivity contribution in [2.75, 3.05) is 24.6 Å². The van der Waals surface area contributed by atoms with E-state index in [9.17, 15) is 24.6 Å². The van der Waals surface area contributed by atoms with Crippen LogP contribution in [0.1, 0.15) is 24.5 Å². The van der Waals surface area contributed by atoms with Gasteiger partial charge in [-0.3, -0.25) is 14.4 Å². The Hall–Kier alpha value is -2.32. The van der Waals surface area contributed by atoms with E-state index in [2.05, 4.69) is 6.58 Å². The summed E-state index contributed by atoms with van der Waals surface area (Å²) in [4.78, 5) is 43.0. The van der Waals surface area contributed by atoms with Crippen molar-refractivity contribution in [1.29, 1.82) is 0 Å². The summed E-state index contributed by atoms with van der Waals surface area (Å²) in [5, 5.41) is 19.4. The Bertz CT molecular complexity index is 981. The first-order chi connectivity index (χ1) is 15.2. The molecule has 3 unspecified atom stereocenters. The molecule has 2 N–H and O–H groups in total. The summed E-state index contributed by atoms with van der Waals surface area (Å²) in [6, 6.07) is 5.05. The number of hydrogen-bond acceptors (Lipinski definition) is 5. The van der Waals surface area contributed by atoms with Crippen LogP contribution in [0.25, 0.3) is 0 Å². The lowest BCUT2D eigenvalue weighted by Crippen LogP contribution is -2.57. The maximum Gasteiger partial charge on any atom is 0.308 e. The number of aliphatic carboxylic acids is 1. The number of β-amino-alcohol motifs (C(OH)–C–C–N with tert-alkyl or cyclic N) is 1. The summed E-state index contributed by atoms with van der Waals surface area (Å²) >= 11 is 1.50. The number of anilines is 1. The lowest BCUT2D eigenvalue weighted by atomic mass is 9.66. The van der Waals surface area contributed by atoms with Crippen molar-refractivity contribution in [1.82, 2.24) is 4.90 Å². The molecule has 1 aromatic carbocycles. The molecule has 2 amide bonds. The standard InChI is InChI=1S/C24H30N2O5S/c1-5-8-25(16-11-13(2)6-7-14(16)3)22(29)20-24-15(4)12-17(32-24)18(23(30)31)19(24)21(28)26(20)9-10-27/h5-7,11,15,17-20,27H,1,8-10,12H2,2-4H3,(H,30,31)/t15?,17-,18+,19+,20?,24?/m1/s1. The van der Waals surface area contributed by atoms with E-state index in [0.29, 0.717) is 6.42 Å². The molecule has 8 heteroatoms. The molecule has 3 heterocycles. The van der Waals surface area contributed by atoms with Crippen molar-refractivity contribution in [2.24, 2.45) is 17.8 Å². The van der Waals surface area contributed by atoms with Crippen LogP contribution in [0.3, 0.4) is 0 Å². The number of carbonyl (C=O) groups is 3. The molecule has 3 fully saturated rings. The molecule has 1 aromatic rings. The van der Waals surface area contributed by atoms with Crippen LogP contribution in [0, 0.1) is 31.6 Å². The maximum atomic E-state index is 14.2. The van der Waals surface area contributed by atoms with Gasteiger partial charge in [0.15, 0.2) is 0 Å². The zero-order valence-electron chi connectivity index (χ0n) is 18.7. The van der Waals surface area contributed by atoms with E-state index in [1.54, 1.807) is 11.0 Å².